The van der Waals surface area contributed by atoms with Gasteiger partial charge in [0.15, 0.2) is 5.82 Å². The number of carbonyl (C=O) groups is 1. The SMILES string of the molecule is Cn1c(CCCC=O)nnc1-c1ccc(F)cc1F. The van der Waals surface area contributed by atoms with Crippen molar-refractivity contribution in [3.8, 4) is 11.4 Å². The predicted molar refractivity (Wildman–Crippen MR) is 65.4 cm³/mol. The number of unbranched alkanes of at least 4 members (excludes halogenated alkanes) is 1. The minimum Gasteiger partial charge on any atom is -0.314 e. The van der Waals surface area contributed by atoms with Crippen LogP contribution in [0.3, 0.4) is 0 Å². The molecular weight excluding hydrogens is 252 g/mol. The maximum Gasteiger partial charge on any atom is 0.166 e. The van der Waals surface area contributed by atoms with Crippen molar-refractivity contribution in [1.29, 1.82) is 0 Å². The molecule has 0 N–H and O–H groups in total. The van der Waals surface area contributed by atoms with Crippen LogP contribution in [0.1, 0.15) is 18.7 Å². The third kappa shape index (κ3) is 2.83. The summed E-state index contributed by atoms with van der Waals surface area (Å²) in [5.74, 6) is -0.288. The van der Waals surface area contributed by atoms with Crippen LogP contribution >= 0.6 is 0 Å². The van der Waals surface area contributed by atoms with Crippen LogP contribution in [0.5, 0.6) is 0 Å². The topological polar surface area (TPSA) is 47.8 Å². The molecule has 100 valence electrons. The lowest BCUT2D eigenvalue weighted by atomic mass is 10.2. The van der Waals surface area contributed by atoms with Gasteiger partial charge in [0.05, 0.1) is 5.56 Å². The Labute approximate surface area is 109 Å². The van der Waals surface area contributed by atoms with Gasteiger partial charge in [-0.15, -0.1) is 10.2 Å². The van der Waals surface area contributed by atoms with Gasteiger partial charge in [-0.2, -0.15) is 0 Å². The Kier molecular flexibility index (Phi) is 3.99. The van der Waals surface area contributed by atoms with E-state index in [1.807, 2.05) is 0 Å². The third-order valence-electron chi connectivity index (χ3n) is 2.86. The lowest BCUT2D eigenvalue weighted by Gasteiger charge is -2.04. The van der Waals surface area contributed by atoms with E-state index >= 15 is 0 Å². The zero-order valence-corrected chi connectivity index (χ0v) is 10.4. The first kappa shape index (κ1) is 13.3. The molecule has 1 heterocycles. The number of benzene rings is 1. The zero-order chi connectivity index (χ0) is 13.8. The molecule has 0 saturated carbocycles. The van der Waals surface area contributed by atoms with E-state index in [0.717, 1.165) is 12.4 Å². The highest BCUT2D eigenvalue weighted by molar-refractivity contribution is 5.56. The summed E-state index contributed by atoms with van der Waals surface area (Å²) in [5.41, 5.74) is 0.207. The quantitative estimate of drug-likeness (QED) is 0.615. The maximum atomic E-state index is 13.7. The Morgan fingerprint density at radius 1 is 1.32 bits per heavy atom. The number of aromatic nitrogens is 3. The first-order chi connectivity index (χ1) is 9.13. The van der Waals surface area contributed by atoms with Crippen molar-refractivity contribution < 1.29 is 13.6 Å². The second-order valence-electron chi connectivity index (χ2n) is 4.18. The molecule has 0 amide bonds. The van der Waals surface area contributed by atoms with Crippen LogP contribution in [0, 0.1) is 11.6 Å². The fourth-order valence-electron chi connectivity index (χ4n) is 1.83. The lowest BCUT2D eigenvalue weighted by Crippen LogP contribution is -2.01. The molecule has 0 aliphatic heterocycles. The highest BCUT2D eigenvalue weighted by Crippen LogP contribution is 2.22. The molecule has 2 rings (SSSR count). The Morgan fingerprint density at radius 3 is 2.79 bits per heavy atom. The standard InChI is InChI=1S/C13H13F2N3O/c1-18-12(4-2-3-7-19)16-17-13(18)10-6-5-9(14)8-11(10)15/h5-8H,2-4H2,1H3. The van der Waals surface area contributed by atoms with Crippen molar-refractivity contribution >= 4 is 6.29 Å². The van der Waals surface area contributed by atoms with Gasteiger partial charge in [-0.1, -0.05) is 0 Å². The maximum absolute atomic E-state index is 13.7. The molecule has 1 aromatic carbocycles. The summed E-state index contributed by atoms with van der Waals surface area (Å²) in [6, 6.07) is 3.33. The molecule has 0 atom stereocenters. The van der Waals surface area contributed by atoms with Crippen LogP contribution in [0.2, 0.25) is 0 Å². The van der Waals surface area contributed by atoms with Crippen LogP contribution in [0.15, 0.2) is 18.2 Å². The van der Waals surface area contributed by atoms with Gasteiger partial charge in [0.25, 0.3) is 0 Å². The van der Waals surface area contributed by atoms with E-state index in [-0.39, 0.29) is 5.56 Å². The van der Waals surface area contributed by atoms with E-state index in [2.05, 4.69) is 10.2 Å². The molecule has 1 aromatic heterocycles. The third-order valence-corrected chi connectivity index (χ3v) is 2.86. The van der Waals surface area contributed by atoms with Gasteiger partial charge in [-0.25, -0.2) is 8.78 Å². The number of rotatable bonds is 5. The van der Waals surface area contributed by atoms with Crippen molar-refractivity contribution in [2.24, 2.45) is 7.05 Å². The van der Waals surface area contributed by atoms with Crippen LogP contribution in [0.25, 0.3) is 11.4 Å². The normalized spacial score (nSPS) is 10.7. The predicted octanol–water partition coefficient (Wildman–Crippen LogP) is 2.28. The molecule has 0 radical (unpaired) electrons. The minimum absolute atomic E-state index is 0.207. The number of nitrogens with zero attached hydrogens (tertiary/aromatic N) is 3. The van der Waals surface area contributed by atoms with Crippen molar-refractivity contribution in [3.63, 3.8) is 0 Å². The zero-order valence-electron chi connectivity index (χ0n) is 10.4. The minimum atomic E-state index is -0.671. The summed E-state index contributed by atoms with van der Waals surface area (Å²) in [4.78, 5) is 10.3. The number of halogens is 2. The second kappa shape index (κ2) is 5.69. The molecule has 0 spiro atoms. The van der Waals surface area contributed by atoms with Crippen LogP contribution in [-0.2, 0) is 18.3 Å². The van der Waals surface area contributed by atoms with Crippen LogP contribution in [-0.4, -0.2) is 21.1 Å². The van der Waals surface area contributed by atoms with E-state index in [4.69, 9.17) is 0 Å². The fourth-order valence-corrected chi connectivity index (χ4v) is 1.83. The van der Waals surface area contributed by atoms with E-state index in [0.29, 0.717) is 30.9 Å². The van der Waals surface area contributed by atoms with Gasteiger partial charge < -0.3 is 9.36 Å². The van der Waals surface area contributed by atoms with Crippen molar-refractivity contribution in [2.75, 3.05) is 0 Å². The molecule has 2 aromatic rings. The van der Waals surface area contributed by atoms with Gasteiger partial charge in [-0.3, -0.25) is 0 Å². The smallest absolute Gasteiger partial charge is 0.166 e. The molecule has 0 bridgehead atoms. The molecule has 0 unspecified atom stereocenters. The van der Waals surface area contributed by atoms with Crippen molar-refractivity contribution in [3.05, 3.63) is 35.7 Å². The molecule has 4 nitrogen and oxygen atoms in total. The Hall–Kier alpha value is -2.11. The van der Waals surface area contributed by atoms with Gasteiger partial charge in [-0.05, 0) is 18.6 Å². The largest absolute Gasteiger partial charge is 0.314 e. The van der Waals surface area contributed by atoms with E-state index in [1.54, 1.807) is 11.6 Å². The van der Waals surface area contributed by atoms with E-state index < -0.39 is 11.6 Å². The number of aldehydes is 1. The Bertz CT molecular complexity index is 596. The van der Waals surface area contributed by atoms with E-state index in [1.165, 1.54) is 12.1 Å². The summed E-state index contributed by atoms with van der Waals surface area (Å²) in [7, 11) is 1.72. The first-order valence-corrected chi connectivity index (χ1v) is 5.91. The summed E-state index contributed by atoms with van der Waals surface area (Å²) >= 11 is 0. The highest BCUT2D eigenvalue weighted by atomic mass is 19.1. The number of hydrogen-bond acceptors (Lipinski definition) is 3. The van der Waals surface area contributed by atoms with Crippen molar-refractivity contribution in [2.45, 2.75) is 19.3 Å². The number of hydrogen-bond donors (Lipinski definition) is 0. The Balaban J connectivity index is 2.28. The summed E-state index contributed by atoms with van der Waals surface area (Å²) in [6.45, 7) is 0. The monoisotopic (exact) mass is 265 g/mol. The van der Waals surface area contributed by atoms with Crippen LogP contribution in [0.4, 0.5) is 8.78 Å². The average Bonchev–Trinajstić information content (AvgIpc) is 2.72. The number of carbonyl (C=O) groups excluding carboxylic acids is 1. The Morgan fingerprint density at radius 2 is 2.11 bits per heavy atom. The molecule has 19 heavy (non-hydrogen) atoms. The van der Waals surface area contributed by atoms with Gasteiger partial charge in [0.1, 0.15) is 23.7 Å². The summed E-state index contributed by atoms with van der Waals surface area (Å²) in [5, 5.41) is 7.88. The molecule has 6 heteroatoms. The van der Waals surface area contributed by atoms with Gasteiger partial charge in [0, 0.05) is 26.0 Å². The average molecular weight is 265 g/mol. The number of aryl methyl sites for hydroxylation is 1. The highest BCUT2D eigenvalue weighted by Gasteiger charge is 2.14. The van der Waals surface area contributed by atoms with E-state index in [9.17, 15) is 13.6 Å². The second-order valence-corrected chi connectivity index (χ2v) is 4.18. The molecular formula is C13H13F2N3O. The first-order valence-electron chi connectivity index (χ1n) is 5.91. The summed E-state index contributed by atoms with van der Waals surface area (Å²) < 4.78 is 28.2. The lowest BCUT2D eigenvalue weighted by molar-refractivity contribution is -0.107. The molecule has 0 fully saturated rings. The van der Waals surface area contributed by atoms with Gasteiger partial charge in [0.2, 0.25) is 0 Å². The fraction of sp³-hybridized carbons (Fsp3) is 0.308. The summed E-state index contributed by atoms with van der Waals surface area (Å²) in [6.07, 6.45) is 2.55. The van der Waals surface area contributed by atoms with Crippen molar-refractivity contribution in [1.82, 2.24) is 14.8 Å². The molecule has 0 aliphatic rings. The molecule has 0 aliphatic carbocycles. The van der Waals surface area contributed by atoms with Gasteiger partial charge >= 0.3 is 0 Å². The van der Waals surface area contributed by atoms with Crippen LogP contribution < -0.4 is 0 Å². The molecule has 0 saturated heterocycles.